The van der Waals surface area contributed by atoms with E-state index < -0.39 is 42.9 Å². The smallest absolute Gasteiger partial charge is 0.449 e. The Kier molecular flexibility index (Phi) is 5.09. The van der Waals surface area contributed by atoms with E-state index >= 15 is 0 Å². The van der Waals surface area contributed by atoms with E-state index in [1.165, 1.54) is 24.3 Å². The third kappa shape index (κ3) is 4.06. The number of hydrogen-bond acceptors (Lipinski definition) is 5. The molecule has 0 unspecified atom stereocenters. The maximum Gasteiger partial charge on any atom is 0.449 e. The number of imidazole rings is 1. The van der Waals surface area contributed by atoms with E-state index in [0.29, 0.717) is 15.9 Å². The van der Waals surface area contributed by atoms with Crippen LogP contribution in [0.4, 0.5) is 24.5 Å². The molecule has 2 heterocycles. The number of esters is 1. The number of halogens is 3. The van der Waals surface area contributed by atoms with Gasteiger partial charge >= 0.3 is 12.1 Å². The summed E-state index contributed by atoms with van der Waals surface area (Å²) in [6, 6.07) is 12.4. The van der Waals surface area contributed by atoms with E-state index in [-0.39, 0.29) is 17.6 Å². The maximum atomic E-state index is 13.3. The fourth-order valence-corrected chi connectivity index (χ4v) is 3.30. The van der Waals surface area contributed by atoms with Crippen molar-refractivity contribution in [2.24, 2.45) is 0 Å². The highest BCUT2D eigenvalue weighted by Crippen LogP contribution is 2.32. The Hall–Kier alpha value is -3.89. The van der Waals surface area contributed by atoms with Crippen LogP contribution in [-0.2, 0) is 31.8 Å². The molecule has 0 atom stereocenters. The number of nitrogens with zero attached hydrogens (tertiary/aromatic N) is 3. The quantitative estimate of drug-likeness (QED) is 0.640. The number of ether oxygens (including phenoxy) is 1. The highest BCUT2D eigenvalue weighted by atomic mass is 19.4. The number of fused-ring (bicyclic) bond motifs is 2. The van der Waals surface area contributed by atoms with Gasteiger partial charge in [-0.15, -0.1) is 0 Å². The molecule has 0 fully saturated rings. The molecule has 160 valence electrons. The first kappa shape index (κ1) is 20.4. The van der Waals surface area contributed by atoms with Crippen molar-refractivity contribution >= 4 is 40.2 Å². The molecule has 4 rings (SSSR count). The van der Waals surface area contributed by atoms with Crippen molar-refractivity contribution in [1.29, 1.82) is 0 Å². The van der Waals surface area contributed by atoms with Crippen LogP contribution in [-0.4, -0.2) is 40.5 Å². The molecule has 8 nitrogen and oxygen atoms in total. The van der Waals surface area contributed by atoms with Crippen molar-refractivity contribution < 1.29 is 32.3 Å². The molecular weight excluding hydrogens is 417 g/mol. The molecule has 1 N–H and O–H groups in total. The normalized spacial score (nSPS) is 13.6. The van der Waals surface area contributed by atoms with Crippen molar-refractivity contribution in [3.63, 3.8) is 0 Å². The molecule has 0 saturated carbocycles. The zero-order valence-electron chi connectivity index (χ0n) is 15.8. The molecule has 1 aromatic heterocycles. The van der Waals surface area contributed by atoms with Crippen LogP contribution in [0, 0.1) is 0 Å². The van der Waals surface area contributed by atoms with Crippen molar-refractivity contribution in [2.75, 3.05) is 23.4 Å². The van der Waals surface area contributed by atoms with Crippen molar-refractivity contribution in [3.8, 4) is 0 Å². The third-order valence-electron chi connectivity index (χ3n) is 4.62. The summed E-state index contributed by atoms with van der Waals surface area (Å²) in [6.07, 6.45) is -4.78. The monoisotopic (exact) mass is 432 g/mol. The van der Waals surface area contributed by atoms with Crippen LogP contribution in [0.15, 0.2) is 48.5 Å². The first-order valence-corrected chi connectivity index (χ1v) is 9.11. The Labute approximate surface area is 173 Å². The number of benzene rings is 2. The number of aromatic nitrogens is 2. The Morgan fingerprint density at radius 3 is 2.58 bits per heavy atom. The van der Waals surface area contributed by atoms with Gasteiger partial charge in [0, 0.05) is 0 Å². The van der Waals surface area contributed by atoms with Crippen molar-refractivity contribution in [3.05, 3.63) is 54.4 Å². The lowest BCUT2D eigenvalue weighted by Gasteiger charge is -2.28. The summed E-state index contributed by atoms with van der Waals surface area (Å²) < 4.78 is 45.6. The number of carbonyl (C=O) groups is 3. The van der Waals surface area contributed by atoms with Gasteiger partial charge in [-0.25, -0.2) is 4.98 Å². The Morgan fingerprint density at radius 2 is 1.81 bits per heavy atom. The number of anilines is 2. The maximum absolute atomic E-state index is 13.3. The van der Waals surface area contributed by atoms with Gasteiger partial charge in [0.05, 0.1) is 22.4 Å². The summed E-state index contributed by atoms with van der Waals surface area (Å²) >= 11 is 0. The van der Waals surface area contributed by atoms with Crippen LogP contribution >= 0.6 is 0 Å². The molecule has 11 heteroatoms. The highest BCUT2D eigenvalue weighted by Gasteiger charge is 2.38. The summed E-state index contributed by atoms with van der Waals surface area (Å²) in [6.45, 7) is -1.77. The second-order valence-corrected chi connectivity index (χ2v) is 6.71. The third-order valence-corrected chi connectivity index (χ3v) is 4.62. The van der Waals surface area contributed by atoms with E-state index in [4.69, 9.17) is 4.74 Å². The summed E-state index contributed by atoms with van der Waals surface area (Å²) in [7, 11) is 0. The van der Waals surface area contributed by atoms with Crippen LogP contribution in [0.25, 0.3) is 11.0 Å². The van der Waals surface area contributed by atoms with Gasteiger partial charge in [0.25, 0.3) is 5.91 Å². The number of amides is 2. The van der Waals surface area contributed by atoms with E-state index in [0.717, 1.165) is 4.90 Å². The first-order valence-electron chi connectivity index (χ1n) is 9.11. The average Bonchev–Trinajstić information content (AvgIpc) is 3.10. The topological polar surface area (TPSA) is 93.5 Å². The highest BCUT2D eigenvalue weighted by molar-refractivity contribution is 6.10. The molecule has 2 aromatic carbocycles. The lowest BCUT2D eigenvalue weighted by Crippen LogP contribution is -2.44. The van der Waals surface area contributed by atoms with Crippen LogP contribution in [0.2, 0.25) is 0 Å². The van der Waals surface area contributed by atoms with Gasteiger partial charge < -0.3 is 14.6 Å². The zero-order chi connectivity index (χ0) is 22.2. The molecule has 3 aromatic rings. The summed E-state index contributed by atoms with van der Waals surface area (Å²) in [5.74, 6) is -3.38. The standard InChI is InChI=1S/C20H15F3N4O4/c21-20(22,23)19-25-13-6-2-4-8-15(13)27(19)10-18(30)31-11-17(29)26-9-16(28)24-12-5-1-3-7-14(12)26/h1-8H,9-11H2,(H,24,28). The summed E-state index contributed by atoms with van der Waals surface area (Å²) in [5.41, 5.74) is 1.05. The minimum atomic E-state index is -4.78. The first-order chi connectivity index (χ1) is 14.7. The lowest BCUT2D eigenvalue weighted by molar-refractivity contribution is -0.152. The minimum Gasteiger partial charge on any atom is -0.454 e. The van der Waals surface area contributed by atoms with E-state index in [1.807, 2.05) is 0 Å². The minimum absolute atomic E-state index is 0.0784. The summed E-state index contributed by atoms with van der Waals surface area (Å²) in [4.78, 5) is 41.3. The number of hydrogen-bond donors (Lipinski definition) is 1. The van der Waals surface area contributed by atoms with Gasteiger partial charge in [-0.2, -0.15) is 13.2 Å². The molecule has 0 aliphatic carbocycles. The second-order valence-electron chi connectivity index (χ2n) is 6.71. The molecule has 0 bridgehead atoms. The Bertz CT molecular complexity index is 1190. The number of rotatable bonds is 4. The molecule has 0 spiro atoms. The molecule has 1 aliphatic heterocycles. The van der Waals surface area contributed by atoms with Crippen molar-refractivity contribution in [1.82, 2.24) is 9.55 Å². The van der Waals surface area contributed by atoms with Crippen LogP contribution in [0.1, 0.15) is 5.82 Å². The van der Waals surface area contributed by atoms with Crippen LogP contribution < -0.4 is 10.2 Å². The SMILES string of the molecule is O=C1CN(C(=O)COC(=O)Cn2c(C(F)(F)F)nc3ccccc32)c2ccccc2N1. The van der Waals surface area contributed by atoms with E-state index in [9.17, 15) is 27.6 Å². The number of para-hydroxylation sites is 4. The lowest BCUT2D eigenvalue weighted by atomic mass is 10.2. The molecule has 31 heavy (non-hydrogen) atoms. The van der Waals surface area contributed by atoms with E-state index in [1.54, 1.807) is 24.3 Å². The number of nitrogens with one attached hydrogen (secondary N) is 1. The fourth-order valence-electron chi connectivity index (χ4n) is 3.30. The zero-order valence-corrected chi connectivity index (χ0v) is 15.8. The molecule has 0 saturated heterocycles. The van der Waals surface area contributed by atoms with Gasteiger partial charge in [-0.1, -0.05) is 24.3 Å². The van der Waals surface area contributed by atoms with Gasteiger partial charge in [-0.05, 0) is 24.3 Å². The molecule has 1 aliphatic rings. The predicted molar refractivity (Wildman–Crippen MR) is 103 cm³/mol. The van der Waals surface area contributed by atoms with Gasteiger partial charge in [0.15, 0.2) is 6.61 Å². The predicted octanol–water partition coefficient (Wildman–Crippen LogP) is 2.58. The molecule has 0 radical (unpaired) electrons. The average molecular weight is 432 g/mol. The van der Waals surface area contributed by atoms with Gasteiger partial charge in [0.1, 0.15) is 13.1 Å². The largest absolute Gasteiger partial charge is 0.454 e. The number of alkyl halides is 3. The summed E-state index contributed by atoms with van der Waals surface area (Å²) in [5, 5.41) is 2.62. The second kappa shape index (κ2) is 7.74. The number of carbonyl (C=O) groups excluding carboxylic acids is 3. The Balaban J connectivity index is 1.48. The van der Waals surface area contributed by atoms with E-state index in [2.05, 4.69) is 10.3 Å². The van der Waals surface area contributed by atoms with Gasteiger partial charge in [0.2, 0.25) is 11.7 Å². The van der Waals surface area contributed by atoms with Crippen molar-refractivity contribution in [2.45, 2.75) is 12.7 Å². The van der Waals surface area contributed by atoms with Gasteiger partial charge in [-0.3, -0.25) is 19.3 Å². The fraction of sp³-hybridized carbons (Fsp3) is 0.200. The van der Waals surface area contributed by atoms with Crippen LogP contribution in [0.3, 0.4) is 0 Å². The Morgan fingerprint density at radius 1 is 1.10 bits per heavy atom. The molecular formula is C20H15F3N4O4. The molecule has 2 amide bonds. The van der Waals surface area contributed by atoms with Crippen LogP contribution in [0.5, 0.6) is 0 Å².